The van der Waals surface area contributed by atoms with Crippen LogP contribution in [0.5, 0.6) is 0 Å². The van der Waals surface area contributed by atoms with Gasteiger partial charge in [-0.1, -0.05) is 6.92 Å². The molecule has 15 heavy (non-hydrogen) atoms. The van der Waals surface area contributed by atoms with Crippen LogP contribution >= 0.6 is 0 Å². The Morgan fingerprint density at radius 3 is 2.40 bits per heavy atom. The van der Waals surface area contributed by atoms with Crippen molar-refractivity contribution in [1.82, 2.24) is 10.2 Å². The first-order chi connectivity index (χ1) is 7.00. The Hall–Kier alpha value is -0.610. The minimum absolute atomic E-state index is 0.0518. The van der Waals surface area contributed by atoms with E-state index in [0.29, 0.717) is 6.04 Å². The zero-order chi connectivity index (χ0) is 11.4. The van der Waals surface area contributed by atoms with Crippen LogP contribution in [0.4, 0.5) is 0 Å². The quantitative estimate of drug-likeness (QED) is 0.726. The topological polar surface area (TPSA) is 52.6 Å². The average Bonchev–Trinajstić information content (AvgIpc) is 2.20. The summed E-state index contributed by atoms with van der Waals surface area (Å²) >= 11 is 0. The Balaban J connectivity index is 2.32. The van der Waals surface area contributed by atoms with Crippen molar-refractivity contribution in [2.24, 2.45) is 5.92 Å². The summed E-state index contributed by atoms with van der Waals surface area (Å²) in [5, 5.41) is 12.3. The van der Waals surface area contributed by atoms with Gasteiger partial charge in [0.1, 0.15) is 0 Å². The fourth-order valence-electron chi connectivity index (χ4n) is 1.91. The van der Waals surface area contributed by atoms with E-state index in [4.69, 9.17) is 5.11 Å². The summed E-state index contributed by atoms with van der Waals surface area (Å²) in [5.41, 5.74) is 0. The molecule has 4 heteroatoms. The summed E-state index contributed by atoms with van der Waals surface area (Å²) in [6.45, 7) is 5.92. The molecule has 1 saturated heterocycles. The van der Waals surface area contributed by atoms with Gasteiger partial charge in [-0.15, -0.1) is 0 Å². The normalized spacial score (nSPS) is 23.7. The number of hydrogen-bond donors (Lipinski definition) is 2. The molecule has 0 aromatic rings. The molecule has 0 aromatic heterocycles. The molecule has 2 atom stereocenters. The molecule has 0 aliphatic carbocycles. The number of likely N-dealkylation sites (tertiary alicyclic amines) is 1. The molecule has 0 spiro atoms. The second kappa shape index (κ2) is 5.47. The number of aliphatic carboxylic acids is 1. The van der Waals surface area contributed by atoms with Gasteiger partial charge in [0, 0.05) is 12.1 Å². The van der Waals surface area contributed by atoms with Crippen molar-refractivity contribution >= 4 is 5.97 Å². The number of carboxylic acids is 1. The zero-order valence-electron chi connectivity index (χ0n) is 9.86. The van der Waals surface area contributed by atoms with E-state index in [1.165, 1.54) is 0 Å². The average molecular weight is 214 g/mol. The number of carbonyl (C=O) groups is 1. The summed E-state index contributed by atoms with van der Waals surface area (Å²) in [7, 11) is 2.12. The van der Waals surface area contributed by atoms with Crippen LogP contribution in [-0.2, 0) is 4.79 Å². The van der Waals surface area contributed by atoms with Crippen LogP contribution < -0.4 is 5.32 Å². The van der Waals surface area contributed by atoms with Gasteiger partial charge in [-0.2, -0.15) is 0 Å². The van der Waals surface area contributed by atoms with Crippen LogP contribution in [0.25, 0.3) is 0 Å². The van der Waals surface area contributed by atoms with Gasteiger partial charge >= 0.3 is 5.97 Å². The smallest absolute Gasteiger partial charge is 0.307 e. The van der Waals surface area contributed by atoms with Crippen molar-refractivity contribution in [2.45, 2.75) is 38.8 Å². The standard InChI is InChI=1S/C11H22N2O2/c1-8(11(14)15)9(2)12-10-4-6-13(3)7-5-10/h8-10,12H,4-7H2,1-3H3,(H,14,15). The SMILES string of the molecule is CC(NC1CCN(C)CC1)C(C)C(=O)O. The number of hydrogen-bond acceptors (Lipinski definition) is 3. The highest BCUT2D eigenvalue weighted by atomic mass is 16.4. The van der Waals surface area contributed by atoms with Crippen molar-refractivity contribution < 1.29 is 9.90 Å². The van der Waals surface area contributed by atoms with E-state index in [9.17, 15) is 4.79 Å². The van der Waals surface area contributed by atoms with E-state index in [1.807, 2.05) is 6.92 Å². The van der Waals surface area contributed by atoms with E-state index >= 15 is 0 Å². The van der Waals surface area contributed by atoms with Crippen molar-refractivity contribution in [3.63, 3.8) is 0 Å². The number of rotatable bonds is 4. The molecular weight excluding hydrogens is 192 g/mol. The Kier molecular flexibility index (Phi) is 4.54. The fourth-order valence-corrected chi connectivity index (χ4v) is 1.91. The molecule has 1 rings (SSSR count). The van der Waals surface area contributed by atoms with Crippen LogP contribution in [0, 0.1) is 5.92 Å². The fraction of sp³-hybridized carbons (Fsp3) is 0.909. The highest BCUT2D eigenvalue weighted by Gasteiger charge is 2.23. The number of carboxylic acid groups (broad SMARTS) is 1. The molecule has 2 N–H and O–H groups in total. The third-order valence-corrected chi connectivity index (χ3v) is 3.36. The summed E-state index contributed by atoms with van der Waals surface area (Å²) in [6.07, 6.45) is 2.24. The zero-order valence-corrected chi connectivity index (χ0v) is 9.86. The van der Waals surface area contributed by atoms with Gasteiger partial charge in [0.25, 0.3) is 0 Å². The lowest BCUT2D eigenvalue weighted by atomic mass is 9.99. The largest absolute Gasteiger partial charge is 0.481 e. The Morgan fingerprint density at radius 2 is 1.93 bits per heavy atom. The summed E-state index contributed by atoms with van der Waals surface area (Å²) in [6, 6.07) is 0.536. The Labute approximate surface area is 91.6 Å². The van der Waals surface area contributed by atoms with Crippen LogP contribution in [0.2, 0.25) is 0 Å². The highest BCUT2D eigenvalue weighted by Crippen LogP contribution is 2.11. The molecule has 2 unspecified atom stereocenters. The van der Waals surface area contributed by atoms with E-state index in [-0.39, 0.29) is 12.0 Å². The molecule has 0 aromatic carbocycles. The molecule has 1 aliphatic rings. The van der Waals surface area contributed by atoms with Gasteiger partial charge in [0.15, 0.2) is 0 Å². The van der Waals surface area contributed by atoms with Crippen LogP contribution in [0.15, 0.2) is 0 Å². The van der Waals surface area contributed by atoms with Gasteiger partial charge in [-0.3, -0.25) is 4.79 Å². The highest BCUT2D eigenvalue weighted by molar-refractivity contribution is 5.70. The summed E-state index contributed by atoms with van der Waals surface area (Å²) in [5.74, 6) is -1.03. The summed E-state index contributed by atoms with van der Waals surface area (Å²) < 4.78 is 0. The minimum atomic E-state index is -0.720. The lowest BCUT2D eigenvalue weighted by Gasteiger charge is -2.32. The van der Waals surface area contributed by atoms with E-state index < -0.39 is 5.97 Å². The predicted molar refractivity (Wildman–Crippen MR) is 59.9 cm³/mol. The monoisotopic (exact) mass is 214 g/mol. The van der Waals surface area contributed by atoms with Gasteiger partial charge < -0.3 is 15.3 Å². The molecule has 0 amide bonds. The lowest BCUT2D eigenvalue weighted by molar-refractivity contribution is -0.142. The second-order valence-electron chi connectivity index (χ2n) is 4.66. The van der Waals surface area contributed by atoms with Crippen molar-refractivity contribution in [3.05, 3.63) is 0 Å². The lowest BCUT2D eigenvalue weighted by Crippen LogP contribution is -2.47. The second-order valence-corrected chi connectivity index (χ2v) is 4.66. The first-order valence-corrected chi connectivity index (χ1v) is 5.68. The van der Waals surface area contributed by atoms with Crippen LogP contribution in [0.3, 0.4) is 0 Å². The number of nitrogens with one attached hydrogen (secondary N) is 1. The molecule has 0 saturated carbocycles. The molecule has 0 radical (unpaired) electrons. The van der Waals surface area contributed by atoms with Crippen LogP contribution in [-0.4, -0.2) is 48.2 Å². The van der Waals surface area contributed by atoms with Crippen molar-refractivity contribution in [1.29, 1.82) is 0 Å². The number of nitrogens with zero attached hydrogens (tertiary/aromatic N) is 1. The maximum atomic E-state index is 10.8. The predicted octanol–water partition coefficient (Wildman–Crippen LogP) is 0.779. The van der Waals surface area contributed by atoms with E-state index in [1.54, 1.807) is 6.92 Å². The van der Waals surface area contributed by atoms with Crippen molar-refractivity contribution in [3.8, 4) is 0 Å². The molecule has 1 heterocycles. The third kappa shape index (κ3) is 3.80. The van der Waals surface area contributed by atoms with Gasteiger partial charge in [-0.25, -0.2) is 0 Å². The molecule has 4 nitrogen and oxygen atoms in total. The maximum absolute atomic E-state index is 10.8. The Morgan fingerprint density at radius 1 is 1.40 bits per heavy atom. The molecule has 1 fully saturated rings. The van der Waals surface area contributed by atoms with Gasteiger partial charge in [0.2, 0.25) is 0 Å². The van der Waals surface area contributed by atoms with E-state index in [2.05, 4.69) is 17.3 Å². The first kappa shape index (κ1) is 12.5. The molecule has 88 valence electrons. The van der Waals surface area contributed by atoms with E-state index in [0.717, 1.165) is 25.9 Å². The molecule has 0 bridgehead atoms. The molecular formula is C11H22N2O2. The minimum Gasteiger partial charge on any atom is -0.481 e. The number of piperidine rings is 1. The Bertz CT molecular complexity index is 213. The van der Waals surface area contributed by atoms with Crippen molar-refractivity contribution in [2.75, 3.05) is 20.1 Å². The van der Waals surface area contributed by atoms with Crippen LogP contribution in [0.1, 0.15) is 26.7 Å². The maximum Gasteiger partial charge on any atom is 0.307 e. The third-order valence-electron chi connectivity index (χ3n) is 3.36. The van der Waals surface area contributed by atoms with Gasteiger partial charge in [0.05, 0.1) is 5.92 Å². The van der Waals surface area contributed by atoms with Gasteiger partial charge in [-0.05, 0) is 39.9 Å². The summed E-state index contributed by atoms with van der Waals surface area (Å²) in [4.78, 5) is 13.1. The first-order valence-electron chi connectivity index (χ1n) is 5.68. The molecule has 1 aliphatic heterocycles.